The monoisotopic (exact) mass is 472 g/mol. The highest BCUT2D eigenvalue weighted by Gasteiger charge is 2.68. The standard InChI is InChI=1S/C24H28N2O8/c1-12(27)33-16-9-14(21(30)32-4)23(2)6-5-13-22(31)34-17(10-24(13,3)20(23)19(16)29)18(28)15-11-25-7-8-26-15/h7-8,11,13-14,16-17,20H,5-6,9-10H2,1-4H3/t13-,14-,16-,17+,20-,23-,24-/m0/s1. The zero-order valence-corrected chi connectivity index (χ0v) is 19.6. The predicted molar refractivity (Wildman–Crippen MR) is 114 cm³/mol. The fourth-order valence-corrected chi connectivity index (χ4v) is 6.56. The molecule has 0 N–H and O–H groups in total. The fraction of sp³-hybridized carbons (Fsp3) is 0.625. The van der Waals surface area contributed by atoms with Crippen LogP contribution in [0.2, 0.25) is 0 Å². The molecule has 0 aromatic carbocycles. The smallest absolute Gasteiger partial charge is 0.310 e. The van der Waals surface area contributed by atoms with Crippen molar-refractivity contribution in [3.63, 3.8) is 0 Å². The lowest BCUT2D eigenvalue weighted by atomic mass is 9.43. The summed E-state index contributed by atoms with van der Waals surface area (Å²) in [6, 6.07) is 0. The first kappa shape index (κ1) is 24.0. The molecule has 0 unspecified atom stereocenters. The molecule has 0 radical (unpaired) electrons. The summed E-state index contributed by atoms with van der Waals surface area (Å²) in [4.78, 5) is 72.5. The van der Waals surface area contributed by atoms with Crippen molar-refractivity contribution < 1.29 is 38.2 Å². The molecule has 4 rings (SSSR count). The number of Topliss-reactive ketones (excluding diaryl/α,β-unsaturated/α-hetero) is 2. The SMILES string of the molecule is COC(=O)[C@@H]1C[C@H](OC(C)=O)C(=O)[C@H]2[C@@]1(C)CC[C@H]1C(=O)O[C@@H](C(=O)c3cnccn3)C[C@]21C. The number of fused-ring (bicyclic) bond motifs is 3. The van der Waals surface area contributed by atoms with Crippen molar-refractivity contribution in [2.45, 2.75) is 58.7 Å². The molecular weight excluding hydrogens is 444 g/mol. The Morgan fingerprint density at radius 3 is 2.50 bits per heavy atom. The highest BCUT2D eigenvalue weighted by molar-refractivity contribution is 6.00. The number of methoxy groups -OCH3 is 1. The van der Waals surface area contributed by atoms with Gasteiger partial charge in [-0.1, -0.05) is 13.8 Å². The molecule has 2 heterocycles. The number of carbonyl (C=O) groups is 5. The maximum Gasteiger partial charge on any atom is 0.310 e. The minimum absolute atomic E-state index is 0.0191. The van der Waals surface area contributed by atoms with Crippen LogP contribution in [0.15, 0.2) is 18.6 Å². The summed E-state index contributed by atoms with van der Waals surface area (Å²) < 4.78 is 15.9. The second-order valence-corrected chi connectivity index (χ2v) is 9.93. The first-order chi connectivity index (χ1) is 16.0. The molecule has 10 nitrogen and oxygen atoms in total. The first-order valence-electron chi connectivity index (χ1n) is 11.3. The number of rotatable bonds is 4. The lowest BCUT2D eigenvalue weighted by Gasteiger charge is -2.60. The summed E-state index contributed by atoms with van der Waals surface area (Å²) in [5, 5.41) is 0. The zero-order valence-electron chi connectivity index (χ0n) is 19.6. The van der Waals surface area contributed by atoms with Gasteiger partial charge in [-0.05, 0) is 30.1 Å². The molecule has 1 aromatic rings. The number of aromatic nitrogens is 2. The Morgan fingerprint density at radius 2 is 1.88 bits per heavy atom. The van der Waals surface area contributed by atoms with E-state index in [-0.39, 0.29) is 24.3 Å². The molecule has 1 saturated heterocycles. The molecule has 1 aliphatic heterocycles. The van der Waals surface area contributed by atoms with Crippen LogP contribution >= 0.6 is 0 Å². The van der Waals surface area contributed by atoms with E-state index in [1.165, 1.54) is 32.6 Å². The predicted octanol–water partition coefficient (Wildman–Crippen LogP) is 1.71. The van der Waals surface area contributed by atoms with E-state index in [4.69, 9.17) is 14.2 Å². The van der Waals surface area contributed by atoms with E-state index in [0.717, 1.165) is 0 Å². The molecule has 0 bridgehead atoms. The summed E-state index contributed by atoms with van der Waals surface area (Å²) >= 11 is 0. The van der Waals surface area contributed by atoms with Crippen LogP contribution in [-0.4, -0.2) is 58.8 Å². The third kappa shape index (κ3) is 3.69. The van der Waals surface area contributed by atoms with Gasteiger partial charge in [-0.25, -0.2) is 4.98 Å². The molecule has 2 aliphatic carbocycles. The molecular formula is C24H28N2O8. The summed E-state index contributed by atoms with van der Waals surface area (Å²) in [6.45, 7) is 4.84. The van der Waals surface area contributed by atoms with Crippen molar-refractivity contribution in [3.05, 3.63) is 24.3 Å². The first-order valence-corrected chi connectivity index (χ1v) is 11.3. The van der Waals surface area contributed by atoms with Crippen LogP contribution in [0.5, 0.6) is 0 Å². The second kappa shape index (κ2) is 8.56. The number of hydrogen-bond acceptors (Lipinski definition) is 10. The van der Waals surface area contributed by atoms with E-state index >= 15 is 0 Å². The maximum atomic E-state index is 13.8. The van der Waals surface area contributed by atoms with Gasteiger partial charge in [0, 0.05) is 31.7 Å². The highest BCUT2D eigenvalue weighted by atomic mass is 16.6. The van der Waals surface area contributed by atoms with E-state index in [2.05, 4.69) is 9.97 Å². The van der Waals surface area contributed by atoms with Gasteiger partial charge in [0.1, 0.15) is 5.69 Å². The van der Waals surface area contributed by atoms with Gasteiger partial charge < -0.3 is 14.2 Å². The number of ether oxygens (including phenoxy) is 3. The number of carbonyl (C=O) groups excluding carboxylic acids is 5. The number of nitrogens with zero attached hydrogens (tertiary/aromatic N) is 2. The fourth-order valence-electron chi connectivity index (χ4n) is 6.56. The largest absolute Gasteiger partial charge is 0.469 e. The third-order valence-corrected chi connectivity index (χ3v) is 8.00. The third-order valence-electron chi connectivity index (χ3n) is 8.00. The topological polar surface area (TPSA) is 139 Å². The summed E-state index contributed by atoms with van der Waals surface area (Å²) in [6.07, 6.45) is 2.71. The Hall–Kier alpha value is -3.17. The van der Waals surface area contributed by atoms with Gasteiger partial charge >= 0.3 is 17.9 Å². The highest BCUT2D eigenvalue weighted by Crippen LogP contribution is 2.64. The summed E-state index contributed by atoms with van der Waals surface area (Å²) in [7, 11) is 1.28. The summed E-state index contributed by atoms with van der Waals surface area (Å²) in [5.74, 6) is -4.72. The van der Waals surface area contributed by atoms with Gasteiger partial charge in [-0.3, -0.25) is 29.0 Å². The van der Waals surface area contributed by atoms with Gasteiger partial charge in [-0.15, -0.1) is 0 Å². The van der Waals surface area contributed by atoms with Crippen LogP contribution in [0.1, 0.15) is 56.9 Å². The molecule has 0 spiro atoms. The van der Waals surface area contributed by atoms with Crippen molar-refractivity contribution in [1.29, 1.82) is 0 Å². The lowest BCUT2D eigenvalue weighted by Crippen LogP contribution is -2.65. The van der Waals surface area contributed by atoms with Gasteiger partial charge in [0.2, 0.25) is 5.78 Å². The zero-order chi connectivity index (χ0) is 24.8. The minimum Gasteiger partial charge on any atom is -0.469 e. The Morgan fingerprint density at radius 1 is 1.15 bits per heavy atom. The molecule has 1 aromatic heterocycles. The normalized spacial score (nSPS) is 37.0. The van der Waals surface area contributed by atoms with Crippen molar-refractivity contribution in [1.82, 2.24) is 9.97 Å². The van der Waals surface area contributed by atoms with E-state index in [9.17, 15) is 24.0 Å². The average Bonchev–Trinajstić information content (AvgIpc) is 2.79. The molecule has 0 amide bonds. The van der Waals surface area contributed by atoms with Crippen molar-refractivity contribution in [3.8, 4) is 0 Å². The number of hydrogen-bond donors (Lipinski definition) is 0. The Labute approximate surface area is 196 Å². The molecule has 2 saturated carbocycles. The van der Waals surface area contributed by atoms with Crippen LogP contribution in [0, 0.1) is 28.6 Å². The van der Waals surface area contributed by atoms with Crippen molar-refractivity contribution in [2.24, 2.45) is 28.6 Å². The van der Waals surface area contributed by atoms with Gasteiger partial charge in [0.25, 0.3) is 0 Å². The van der Waals surface area contributed by atoms with Gasteiger partial charge in [0.15, 0.2) is 18.0 Å². The number of ketones is 2. The average molecular weight is 472 g/mol. The lowest BCUT2D eigenvalue weighted by molar-refractivity contribution is -0.206. The maximum absolute atomic E-state index is 13.8. The second-order valence-electron chi connectivity index (χ2n) is 9.93. The van der Waals surface area contributed by atoms with E-state index in [0.29, 0.717) is 12.8 Å². The van der Waals surface area contributed by atoms with Crippen LogP contribution in [0.3, 0.4) is 0 Å². The molecule has 3 fully saturated rings. The quantitative estimate of drug-likeness (QED) is 0.361. The van der Waals surface area contributed by atoms with Crippen LogP contribution < -0.4 is 0 Å². The number of cyclic esters (lactones) is 1. The van der Waals surface area contributed by atoms with Crippen molar-refractivity contribution in [2.75, 3.05) is 7.11 Å². The van der Waals surface area contributed by atoms with Gasteiger partial charge in [-0.2, -0.15) is 0 Å². The van der Waals surface area contributed by atoms with Crippen LogP contribution in [0.4, 0.5) is 0 Å². The Kier molecular flexibility index (Phi) is 6.03. The Balaban J connectivity index is 1.77. The van der Waals surface area contributed by atoms with E-state index < -0.39 is 64.5 Å². The number of esters is 3. The van der Waals surface area contributed by atoms with Crippen molar-refractivity contribution >= 4 is 29.5 Å². The molecule has 34 heavy (non-hydrogen) atoms. The molecule has 3 aliphatic rings. The Bertz CT molecular complexity index is 1040. The van der Waals surface area contributed by atoms with Gasteiger partial charge in [0.05, 0.1) is 25.1 Å². The van der Waals surface area contributed by atoms with Crippen LogP contribution in [-0.2, 0) is 33.4 Å². The van der Waals surface area contributed by atoms with E-state index in [1.807, 2.05) is 6.92 Å². The van der Waals surface area contributed by atoms with E-state index in [1.54, 1.807) is 6.92 Å². The molecule has 10 heteroatoms. The summed E-state index contributed by atoms with van der Waals surface area (Å²) in [5.41, 5.74) is -1.79. The molecule has 182 valence electrons. The molecule has 7 atom stereocenters. The minimum atomic E-state index is -1.15. The van der Waals surface area contributed by atoms with Crippen LogP contribution in [0.25, 0.3) is 0 Å².